The molecule has 0 aliphatic carbocycles. The van der Waals surface area contributed by atoms with Gasteiger partial charge in [0.25, 0.3) is 0 Å². The number of benzene rings is 1. The van der Waals surface area contributed by atoms with Crippen LogP contribution < -0.4 is 16.5 Å². The largest absolute Gasteiger partial charge is 0.465 e. The van der Waals surface area contributed by atoms with Crippen molar-refractivity contribution in [2.45, 2.75) is 0 Å². The molecule has 0 unspecified atom stereocenters. The summed E-state index contributed by atoms with van der Waals surface area (Å²) in [7, 11) is 0. The first-order chi connectivity index (χ1) is 7.58. The highest BCUT2D eigenvalue weighted by molar-refractivity contribution is 7.80. The Balaban J connectivity index is 2.60. The SMILES string of the molecule is NC(=S)N/N=C/c1ccc(NC(=O)O)cc1. The monoisotopic (exact) mass is 238 g/mol. The van der Waals surface area contributed by atoms with Crippen molar-refractivity contribution in [3.63, 3.8) is 0 Å². The standard InChI is InChI=1S/C9H10N4O2S/c10-8(16)13-11-5-6-1-3-7(4-2-6)12-9(14)15/h1-5,12H,(H,14,15)(H3,10,13,16)/b11-5+. The molecule has 16 heavy (non-hydrogen) atoms. The number of nitrogens with two attached hydrogens (primary N) is 1. The molecule has 1 amide bonds. The Morgan fingerprint density at radius 2 is 2.06 bits per heavy atom. The second-order valence-electron chi connectivity index (χ2n) is 2.79. The van der Waals surface area contributed by atoms with Gasteiger partial charge in [0.1, 0.15) is 0 Å². The van der Waals surface area contributed by atoms with Gasteiger partial charge in [0, 0.05) is 5.69 Å². The molecule has 0 aromatic heterocycles. The third kappa shape index (κ3) is 4.38. The number of amides is 1. The van der Waals surface area contributed by atoms with Gasteiger partial charge in [0.05, 0.1) is 6.21 Å². The molecule has 0 fully saturated rings. The number of thiocarbonyl (C=S) groups is 1. The number of anilines is 1. The van der Waals surface area contributed by atoms with Crippen LogP contribution in [-0.2, 0) is 0 Å². The Bertz CT molecular complexity index is 416. The van der Waals surface area contributed by atoms with Gasteiger partial charge in [-0.3, -0.25) is 10.7 Å². The summed E-state index contributed by atoms with van der Waals surface area (Å²) < 4.78 is 0. The van der Waals surface area contributed by atoms with Gasteiger partial charge in [-0.2, -0.15) is 5.10 Å². The van der Waals surface area contributed by atoms with Crippen LogP contribution >= 0.6 is 12.2 Å². The second-order valence-corrected chi connectivity index (χ2v) is 3.23. The lowest BCUT2D eigenvalue weighted by molar-refractivity contribution is 0.210. The van der Waals surface area contributed by atoms with Crippen LogP contribution in [0.3, 0.4) is 0 Å². The Hall–Kier alpha value is -2.15. The lowest BCUT2D eigenvalue weighted by atomic mass is 10.2. The van der Waals surface area contributed by atoms with E-state index in [4.69, 9.17) is 10.8 Å². The minimum absolute atomic E-state index is 0.0837. The van der Waals surface area contributed by atoms with Gasteiger partial charge >= 0.3 is 6.09 Å². The highest BCUT2D eigenvalue weighted by Gasteiger charge is 1.96. The maximum atomic E-state index is 10.3. The van der Waals surface area contributed by atoms with Gasteiger partial charge in [-0.25, -0.2) is 4.79 Å². The van der Waals surface area contributed by atoms with Crippen LogP contribution in [0.1, 0.15) is 5.56 Å². The molecule has 1 rings (SSSR count). The molecule has 0 aliphatic rings. The lowest BCUT2D eigenvalue weighted by Gasteiger charge is -2.00. The van der Waals surface area contributed by atoms with Crippen molar-refractivity contribution in [3.8, 4) is 0 Å². The molecule has 0 saturated heterocycles. The first-order valence-electron chi connectivity index (χ1n) is 4.26. The Labute approximate surface area is 97.1 Å². The van der Waals surface area contributed by atoms with Gasteiger partial charge in [-0.15, -0.1) is 0 Å². The van der Waals surface area contributed by atoms with E-state index in [9.17, 15) is 4.79 Å². The summed E-state index contributed by atoms with van der Waals surface area (Å²) in [5.74, 6) is 0. The molecule has 0 bridgehead atoms. The predicted molar refractivity (Wildman–Crippen MR) is 65.6 cm³/mol. The fourth-order valence-electron chi connectivity index (χ4n) is 0.946. The Kier molecular flexibility index (Phi) is 4.22. The third-order valence-corrected chi connectivity index (χ3v) is 1.64. The summed E-state index contributed by atoms with van der Waals surface area (Å²) in [4.78, 5) is 10.3. The fraction of sp³-hybridized carbons (Fsp3) is 0. The van der Waals surface area contributed by atoms with Gasteiger partial charge in [-0.1, -0.05) is 12.1 Å². The van der Waals surface area contributed by atoms with E-state index >= 15 is 0 Å². The maximum Gasteiger partial charge on any atom is 0.409 e. The third-order valence-electron chi connectivity index (χ3n) is 1.55. The molecule has 7 heteroatoms. The van der Waals surface area contributed by atoms with Gasteiger partial charge in [0.2, 0.25) is 0 Å². The molecule has 0 saturated carbocycles. The zero-order valence-electron chi connectivity index (χ0n) is 8.18. The first kappa shape index (κ1) is 11.9. The molecule has 1 aromatic carbocycles. The Morgan fingerprint density at radius 1 is 1.44 bits per heavy atom. The molecular weight excluding hydrogens is 228 g/mol. The van der Waals surface area contributed by atoms with Gasteiger partial charge < -0.3 is 10.8 Å². The zero-order valence-corrected chi connectivity index (χ0v) is 8.99. The number of nitrogens with one attached hydrogen (secondary N) is 2. The van der Waals surface area contributed by atoms with E-state index in [-0.39, 0.29) is 5.11 Å². The molecule has 5 N–H and O–H groups in total. The van der Waals surface area contributed by atoms with Crippen molar-refractivity contribution in [2.24, 2.45) is 10.8 Å². The molecular formula is C9H10N4O2S. The van der Waals surface area contributed by atoms with Crippen LogP contribution in [0.25, 0.3) is 0 Å². The number of hydrogen-bond donors (Lipinski definition) is 4. The smallest absolute Gasteiger partial charge is 0.409 e. The van der Waals surface area contributed by atoms with E-state index in [1.54, 1.807) is 24.3 Å². The normalized spacial score (nSPS) is 10.0. The minimum Gasteiger partial charge on any atom is -0.465 e. The summed E-state index contributed by atoms with van der Waals surface area (Å²) >= 11 is 4.56. The Morgan fingerprint density at radius 3 is 2.56 bits per heavy atom. The minimum atomic E-state index is -1.10. The molecule has 1 aromatic rings. The van der Waals surface area contributed by atoms with E-state index in [1.807, 2.05) is 0 Å². The number of carbonyl (C=O) groups is 1. The molecule has 6 nitrogen and oxygen atoms in total. The quantitative estimate of drug-likeness (QED) is 0.357. The number of carboxylic acid groups (broad SMARTS) is 1. The number of hydrogen-bond acceptors (Lipinski definition) is 3. The van der Waals surface area contributed by atoms with E-state index in [0.29, 0.717) is 5.69 Å². The number of nitrogens with zero attached hydrogens (tertiary/aromatic N) is 1. The molecule has 84 valence electrons. The number of rotatable bonds is 3. The van der Waals surface area contributed by atoms with Crippen molar-refractivity contribution in [3.05, 3.63) is 29.8 Å². The average molecular weight is 238 g/mol. The molecule has 0 spiro atoms. The van der Waals surface area contributed by atoms with E-state index in [0.717, 1.165) is 5.56 Å². The highest BCUT2D eigenvalue weighted by Crippen LogP contribution is 2.07. The second kappa shape index (κ2) is 5.66. The molecule has 0 radical (unpaired) electrons. The van der Waals surface area contributed by atoms with Crippen molar-refractivity contribution in [2.75, 3.05) is 5.32 Å². The van der Waals surface area contributed by atoms with Crippen molar-refractivity contribution in [1.29, 1.82) is 0 Å². The summed E-state index contributed by atoms with van der Waals surface area (Å²) in [6, 6.07) is 6.65. The predicted octanol–water partition coefficient (Wildman–Crippen LogP) is 0.944. The highest BCUT2D eigenvalue weighted by atomic mass is 32.1. The van der Waals surface area contributed by atoms with Crippen molar-refractivity contribution < 1.29 is 9.90 Å². The van der Waals surface area contributed by atoms with Crippen LogP contribution in [0, 0.1) is 0 Å². The average Bonchev–Trinajstić information content (AvgIpc) is 2.19. The van der Waals surface area contributed by atoms with E-state index in [2.05, 4.69) is 28.1 Å². The van der Waals surface area contributed by atoms with E-state index < -0.39 is 6.09 Å². The summed E-state index contributed by atoms with van der Waals surface area (Å²) in [5.41, 5.74) is 8.86. The number of hydrazone groups is 1. The van der Waals surface area contributed by atoms with Crippen LogP contribution in [0.2, 0.25) is 0 Å². The molecule has 0 atom stereocenters. The first-order valence-corrected chi connectivity index (χ1v) is 4.67. The lowest BCUT2D eigenvalue weighted by Crippen LogP contribution is -2.23. The van der Waals surface area contributed by atoms with Crippen molar-refractivity contribution in [1.82, 2.24) is 5.43 Å². The molecule has 0 aliphatic heterocycles. The summed E-state index contributed by atoms with van der Waals surface area (Å²) in [6.45, 7) is 0. The van der Waals surface area contributed by atoms with E-state index in [1.165, 1.54) is 6.21 Å². The van der Waals surface area contributed by atoms with Crippen LogP contribution in [0.4, 0.5) is 10.5 Å². The molecule has 0 heterocycles. The van der Waals surface area contributed by atoms with Crippen molar-refractivity contribution >= 4 is 35.3 Å². The van der Waals surface area contributed by atoms with Crippen LogP contribution in [0.5, 0.6) is 0 Å². The van der Waals surface area contributed by atoms with Gasteiger partial charge in [-0.05, 0) is 29.9 Å². The van der Waals surface area contributed by atoms with Crippen LogP contribution in [0.15, 0.2) is 29.4 Å². The fourth-order valence-corrected chi connectivity index (χ4v) is 0.999. The topological polar surface area (TPSA) is 99.7 Å². The van der Waals surface area contributed by atoms with Gasteiger partial charge in [0.15, 0.2) is 5.11 Å². The van der Waals surface area contributed by atoms with Crippen LogP contribution in [-0.4, -0.2) is 22.5 Å². The zero-order chi connectivity index (χ0) is 12.0. The maximum absolute atomic E-state index is 10.3. The summed E-state index contributed by atoms with van der Waals surface area (Å²) in [5, 5.41) is 14.5. The summed E-state index contributed by atoms with van der Waals surface area (Å²) in [6.07, 6.45) is 0.417.